The van der Waals surface area contributed by atoms with Crippen molar-refractivity contribution >= 4 is 64.6 Å². The van der Waals surface area contributed by atoms with E-state index in [1.165, 1.54) is 165 Å². The third-order valence-corrected chi connectivity index (χ3v) is 16.2. The van der Waals surface area contributed by atoms with Gasteiger partial charge in [0.1, 0.15) is 0 Å². The monoisotopic (exact) mass is 906 g/mol. The second kappa shape index (κ2) is 15.1. The Balaban J connectivity index is 0.850. The summed E-state index contributed by atoms with van der Waals surface area (Å²) in [6.07, 6.45) is 0. The zero-order valence-corrected chi connectivity index (χ0v) is 39.2. The Morgan fingerprint density at radius 1 is 0.125 bits per heavy atom. The maximum atomic E-state index is 2.34. The molecular weight excluding hydrogens is 865 g/mol. The minimum Gasteiger partial charge on any atom is -0.0616 e. The van der Waals surface area contributed by atoms with Gasteiger partial charge in [0.2, 0.25) is 0 Å². The van der Waals surface area contributed by atoms with Crippen LogP contribution in [0, 0.1) is 0 Å². The standard InChI is InChI=1S/C72H42/c1-3-17-51-49(15-1)55-29-13-27-53-47(39-41-65(51)69(53)55)43-31-35-45(36-32-43)67-57-19-5-9-23-61(57)71(62-24-10-6-20-58(62)67)72-63-25-11-7-21-59(63)68(60-22-8-12-26-64(60)72)46-37-33-44(34-38-46)48-40-42-66-52-18-4-2-16-50(52)56-30-14-28-54(48)70(56)66/h1-42H. The summed E-state index contributed by atoms with van der Waals surface area (Å²) in [5.41, 5.74) is 23.1. The quantitative estimate of drug-likeness (QED) is 0.151. The molecule has 0 heterocycles. The van der Waals surface area contributed by atoms with Crippen LogP contribution < -0.4 is 0 Å². The zero-order valence-electron chi connectivity index (χ0n) is 39.2. The summed E-state index contributed by atoms with van der Waals surface area (Å²) in [5.74, 6) is 0. The van der Waals surface area contributed by atoms with E-state index in [1.807, 2.05) is 0 Å². The van der Waals surface area contributed by atoms with Crippen LogP contribution in [-0.4, -0.2) is 0 Å². The van der Waals surface area contributed by atoms with Crippen LogP contribution in [0.1, 0.15) is 0 Å². The fourth-order valence-electron chi connectivity index (χ4n) is 13.2. The first-order chi connectivity index (χ1) is 35.8. The van der Waals surface area contributed by atoms with E-state index in [1.54, 1.807) is 0 Å². The molecule has 0 amide bonds. The van der Waals surface area contributed by atoms with Gasteiger partial charge in [0.15, 0.2) is 0 Å². The number of rotatable bonds is 5. The normalized spacial score (nSPS) is 12.2. The third-order valence-electron chi connectivity index (χ3n) is 16.2. The van der Waals surface area contributed by atoms with E-state index in [4.69, 9.17) is 0 Å². The zero-order chi connectivity index (χ0) is 47.0. The number of benzene rings is 14. The van der Waals surface area contributed by atoms with Crippen LogP contribution in [0.15, 0.2) is 255 Å². The summed E-state index contributed by atoms with van der Waals surface area (Å²) in [4.78, 5) is 0. The van der Waals surface area contributed by atoms with Gasteiger partial charge < -0.3 is 0 Å². The molecule has 14 aromatic rings. The Bertz CT molecular complexity index is 4170. The molecule has 0 atom stereocenters. The van der Waals surface area contributed by atoms with Crippen molar-refractivity contribution < 1.29 is 0 Å². The number of fused-ring (bicyclic) bond motifs is 10. The lowest BCUT2D eigenvalue weighted by molar-refractivity contribution is 1.63. The van der Waals surface area contributed by atoms with Crippen molar-refractivity contribution in [2.24, 2.45) is 0 Å². The highest BCUT2D eigenvalue weighted by molar-refractivity contribution is 6.30. The lowest BCUT2D eigenvalue weighted by Gasteiger charge is -2.22. The van der Waals surface area contributed by atoms with Crippen molar-refractivity contribution in [1.29, 1.82) is 0 Å². The highest BCUT2D eigenvalue weighted by Crippen LogP contribution is 2.53. The fraction of sp³-hybridized carbons (Fsp3) is 0. The first-order valence-corrected chi connectivity index (χ1v) is 25.2. The van der Waals surface area contributed by atoms with E-state index in [2.05, 4.69) is 255 Å². The summed E-state index contributed by atoms with van der Waals surface area (Å²) in [6, 6.07) is 95.5. The molecule has 2 aliphatic carbocycles. The van der Waals surface area contributed by atoms with Gasteiger partial charge in [0, 0.05) is 0 Å². The van der Waals surface area contributed by atoms with Gasteiger partial charge in [-0.25, -0.2) is 0 Å². The average molecular weight is 907 g/mol. The molecule has 0 aliphatic heterocycles. The summed E-state index contributed by atoms with van der Waals surface area (Å²) in [6.45, 7) is 0. The molecular formula is C72H42. The molecule has 0 unspecified atom stereocenters. The van der Waals surface area contributed by atoms with E-state index < -0.39 is 0 Å². The lowest BCUT2D eigenvalue weighted by atomic mass is 9.81. The maximum absolute atomic E-state index is 2.34. The van der Waals surface area contributed by atoms with Crippen LogP contribution in [0.25, 0.3) is 165 Å². The molecule has 0 N–H and O–H groups in total. The Morgan fingerprint density at radius 3 is 0.667 bits per heavy atom. The van der Waals surface area contributed by atoms with E-state index >= 15 is 0 Å². The molecule has 0 saturated heterocycles. The molecule has 0 aromatic heterocycles. The molecule has 0 saturated carbocycles. The smallest absolute Gasteiger partial charge is 0.00139 e. The Morgan fingerprint density at radius 2 is 0.347 bits per heavy atom. The maximum Gasteiger partial charge on any atom is -0.00139 e. The Labute approximate surface area is 417 Å². The van der Waals surface area contributed by atoms with Crippen LogP contribution in [0.5, 0.6) is 0 Å². The fourth-order valence-corrected chi connectivity index (χ4v) is 13.2. The van der Waals surface area contributed by atoms with E-state index in [-0.39, 0.29) is 0 Å². The van der Waals surface area contributed by atoms with E-state index in [0.29, 0.717) is 0 Å². The third kappa shape index (κ3) is 5.47. The number of hydrogen-bond donors (Lipinski definition) is 0. The van der Waals surface area contributed by atoms with E-state index in [0.717, 1.165) is 0 Å². The molecule has 330 valence electrons. The molecule has 16 rings (SSSR count). The van der Waals surface area contributed by atoms with Gasteiger partial charge >= 0.3 is 0 Å². The highest BCUT2D eigenvalue weighted by Gasteiger charge is 2.26. The van der Waals surface area contributed by atoms with Crippen LogP contribution in [-0.2, 0) is 0 Å². The van der Waals surface area contributed by atoms with Crippen LogP contribution in [0.4, 0.5) is 0 Å². The predicted octanol–water partition coefficient (Wildman–Crippen LogP) is 20.2. The Kier molecular flexibility index (Phi) is 8.26. The van der Waals surface area contributed by atoms with Crippen molar-refractivity contribution in [2.45, 2.75) is 0 Å². The van der Waals surface area contributed by atoms with Crippen molar-refractivity contribution in [3.63, 3.8) is 0 Å². The van der Waals surface area contributed by atoms with Gasteiger partial charge in [-0.2, -0.15) is 0 Å². The largest absolute Gasteiger partial charge is 0.0616 e. The SMILES string of the molecule is c1ccc2c(c1)-c1cccc3c(-c4ccc(-c5c6ccccc6c(-c6c7ccccc7c(-c7ccc(-c8ccc9c%10c(cccc8%10)-c8ccccc8-9)cc7)c7ccccc67)c6ccccc56)cc4)ccc-2c13. The van der Waals surface area contributed by atoms with Gasteiger partial charge in [-0.15, -0.1) is 0 Å². The highest BCUT2D eigenvalue weighted by atomic mass is 14.3. The van der Waals surface area contributed by atoms with Crippen LogP contribution in [0.2, 0.25) is 0 Å². The van der Waals surface area contributed by atoms with Gasteiger partial charge in [-0.1, -0.05) is 255 Å². The summed E-state index contributed by atoms with van der Waals surface area (Å²) >= 11 is 0. The van der Waals surface area contributed by atoms with Crippen LogP contribution in [0.3, 0.4) is 0 Å². The van der Waals surface area contributed by atoms with Crippen LogP contribution >= 0.6 is 0 Å². The summed E-state index contributed by atoms with van der Waals surface area (Å²) in [5, 5.41) is 15.3. The van der Waals surface area contributed by atoms with Crippen molar-refractivity contribution in [3.8, 4) is 100 Å². The van der Waals surface area contributed by atoms with Gasteiger partial charge in [0.05, 0.1) is 0 Å². The van der Waals surface area contributed by atoms with Gasteiger partial charge in [-0.05, 0) is 165 Å². The molecule has 0 bridgehead atoms. The first kappa shape index (κ1) is 39.5. The van der Waals surface area contributed by atoms with Crippen molar-refractivity contribution in [2.75, 3.05) is 0 Å². The lowest BCUT2D eigenvalue weighted by Crippen LogP contribution is -1.94. The van der Waals surface area contributed by atoms with Gasteiger partial charge in [-0.3, -0.25) is 0 Å². The minimum absolute atomic E-state index is 1.21. The Hall–Kier alpha value is -9.36. The molecule has 0 spiro atoms. The first-order valence-electron chi connectivity index (χ1n) is 25.2. The minimum atomic E-state index is 1.21. The topological polar surface area (TPSA) is 0 Å². The van der Waals surface area contributed by atoms with Gasteiger partial charge in [0.25, 0.3) is 0 Å². The molecule has 14 aromatic carbocycles. The van der Waals surface area contributed by atoms with Crippen molar-refractivity contribution in [3.05, 3.63) is 255 Å². The van der Waals surface area contributed by atoms with Crippen molar-refractivity contribution in [1.82, 2.24) is 0 Å². The molecule has 0 heteroatoms. The second-order valence-electron chi connectivity index (χ2n) is 19.7. The molecule has 72 heavy (non-hydrogen) atoms. The predicted molar refractivity (Wildman–Crippen MR) is 308 cm³/mol. The average Bonchev–Trinajstić information content (AvgIpc) is 3.96. The molecule has 2 aliphatic rings. The van der Waals surface area contributed by atoms with E-state index in [9.17, 15) is 0 Å². The molecule has 0 nitrogen and oxygen atoms in total. The molecule has 0 fully saturated rings. The summed E-state index contributed by atoms with van der Waals surface area (Å²) in [7, 11) is 0. The number of hydrogen-bond acceptors (Lipinski definition) is 0. The summed E-state index contributed by atoms with van der Waals surface area (Å²) < 4.78 is 0. The second-order valence-corrected chi connectivity index (χ2v) is 19.7. The molecule has 0 radical (unpaired) electrons.